The molecule has 1 fully saturated rings. The predicted octanol–water partition coefficient (Wildman–Crippen LogP) is 2.03. The number of aliphatic hydroxyl groups is 1. The Morgan fingerprint density at radius 3 is 2.64 bits per heavy atom. The van der Waals surface area contributed by atoms with Crippen molar-refractivity contribution < 1.29 is 9.84 Å². The predicted molar refractivity (Wildman–Crippen MR) is 82.5 cm³/mol. The molecule has 5 nitrogen and oxygen atoms in total. The van der Waals surface area contributed by atoms with Gasteiger partial charge in [0.05, 0.1) is 6.04 Å². The minimum atomic E-state index is -0.483. The van der Waals surface area contributed by atoms with Crippen LogP contribution in [0.25, 0.3) is 11.1 Å². The van der Waals surface area contributed by atoms with Crippen molar-refractivity contribution in [3.05, 3.63) is 42.5 Å². The molecule has 0 saturated carbocycles. The van der Waals surface area contributed by atoms with E-state index in [-0.39, 0.29) is 6.04 Å². The van der Waals surface area contributed by atoms with Gasteiger partial charge in [-0.2, -0.15) is 0 Å². The minimum Gasteiger partial charge on any atom is -0.491 e. The van der Waals surface area contributed by atoms with Crippen molar-refractivity contribution in [2.24, 2.45) is 0 Å². The fraction of sp³-hybridized carbons (Fsp3) is 0.412. The number of aliphatic hydroxyl groups excluding tert-OH is 1. The Morgan fingerprint density at radius 2 is 1.86 bits per heavy atom. The fourth-order valence-electron chi connectivity index (χ4n) is 3.38. The van der Waals surface area contributed by atoms with Crippen LogP contribution in [0.15, 0.2) is 36.9 Å². The van der Waals surface area contributed by atoms with Gasteiger partial charge in [0, 0.05) is 23.5 Å². The Kier molecular flexibility index (Phi) is 3.52. The van der Waals surface area contributed by atoms with Crippen LogP contribution in [0.5, 0.6) is 5.75 Å². The fourth-order valence-corrected chi connectivity index (χ4v) is 3.38. The Hall–Kier alpha value is -1.98. The van der Waals surface area contributed by atoms with Gasteiger partial charge < -0.3 is 9.84 Å². The summed E-state index contributed by atoms with van der Waals surface area (Å²) in [6.45, 7) is 2.66. The maximum absolute atomic E-state index is 10.7. The van der Waals surface area contributed by atoms with Crippen molar-refractivity contribution in [2.45, 2.75) is 25.0 Å². The lowest BCUT2D eigenvalue weighted by Crippen LogP contribution is -2.44. The first kappa shape index (κ1) is 13.7. The van der Waals surface area contributed by atoms with E-state index in [1.165, 1.54) is 19.2 Å². The SMILES string of the molecule is O[C@H]1c2ccc(-c3cncnc3)cc2OC[C@@H]1N1CCCC1. The highest BCUT2D eigenvalue weighted by Crippen LogP contribution is 2.37. The summed E-state index contributed by atoms with van der Waals surface area (Å²) in [5.74, 6) is 0.768. The van der Waals surface area contributed by atoms with E-state index in [1.807, 2.05) is 18.2 Å². The Morgan fingerprint density at radius 1 is 1.09 bits per heavy atom. The standard InChI is InChI=1S/C17H19N3O2/c21-17-14-4-3-12(13-8-18-11-19-9-13)7-16(14)22-10-15(17)20-5-1-2-6-20/h3-4,7-9,11,15,17,21H,1-2,5-6,10H2/t15-,17-/m0/s1. The zero-order valence-electron chi connectivity index (χ0n) is 12.4. The first-order valence-corrected chi connectivity index (χ1v) is 7.77. The Bertz CT molecular complexity index is 656. The molecule has 1 aromatic carbocycles. The zero-order chi connectivity index (χ0) is 14.9. The molecule has 0 amide bonds. The van der Waals surface area contributed by atoms with Gasteiger partial charge in [0.2, 0.25) is 0 Å². The number of likely N-dealkylation sites (tertiary alicyclic amines) is 1. The molecule has 1 N–H and O–H groups in total. The molecular weight excluding hydrogens is 278 g/mol. The van der Waals surface area contributed by atoms with Crippen molar-refractivity contribution in [3.63, 3.8) is 0 Å². The largest absolute Gasteiger partial charge is 0.491 e. The number of nitrogens with zero attached hydrogens (tertiary/aromatic N) is 3. The molecule has 3 heterocycles. The second-order valence-corrected chi connectivity index (χ2v) is 5.95. The highest BCUT2D eigenvalue weighted by Gasteiger charge is 2.34. The van der Waals surface area contributed by atoms with Gasteiger partial charge in [0.15, 0.2) is 0 Å². The van der Waals surface area contributed by atoms with Crippen molar-refractivity contribution in [2.75, 3.05) is 19.7 Å². The van der Waals surface area contributed by atoms with E-state index in [1.54, 1.807) is 12.4 Å². The van der Waals surface area contributed by atoms with Crippen LogP contribution >= 0.6 is 0 Å². The van der Waals surface area contributed by atoms with Gasteiger partial charge in [-0.3, -0.25) is 4.90 Å². The van der Waals surface area contributed by atoms with Crippen molar-refractivity contribution in [3.8, 4) is 16.9 Å². The molecule has 2 atom stereocenters. The van der Waals surface area contributed by atoms with Crippen molar-refractivity contribution in [1.82, 2.24) is 14.9 Å². The molecule has 2 aliphatic rings. The molecule has 2 aromatic rings. The lowest BCUT2D eigenvalue weighted by atomic mass is 9.95. The van der Waals surface area contributed by atoms with Gasteiger partial charge in [-0.15, -0.1) is 0 Å². The minimum absolute atomic E-state index is 0.0703. The average molecular weight is 297 g/mol. The third-order valence-corrected chi connectivity index (χ3v) is 4.61. The Balaban J connectivity index is 1.63. The van der Waals surface area contributed by atoms with Crippen LogP contribution in [0.4, 0.5) is 0 Å². The maximum Gasteiger partial charge on any atom is 0.125 e. The van der Waals surface area contributed by atoms with Crippen LogP contribution in [-0.4, -0.2) is 45.7 Å². The van der Waals surface area contributed by atoms with E-state index in [0.717, 1.165) is 35.5 Å². The number of benzene rings is 1. The molecule has 114 valence electrons. The summed E-state index contributed by atoms with van der Waals surface area (Å²) < 4.78 is 5.94. The second-order valence-electron chi connectivity index (χ2n) is 5.95. The van der Waals surface area contributed by atoms with E-state index >= 15 is 0 Å². The molecule has 0 unspecified atom stereocenters. The first-order chi connectivity index (χ1) is 10.8. The first-order valence-electron chi connectivity index (χ1n) is 7.77. The van der Waals surface area contributed by atoms with E-state index < -0.39 is 6.10 Å². The monoisotopic (exact) mass is 297 g/mol. The normalized spacial score (nSPS) is 24.8. The number of ether oxygens (including phenoxy) is 1. The third-order valence-electron chi connectivity index (χ3n) is 4.61. The van der Waals surface area contributed by atoms with Crippen LogP contribution in [0.3, 0.4) is 0 Å². The summed E-state index contributed by atoms with van der Waals surface area (Å²) >= 11 is 0. The third kappa shape index (κ3) is 2.36. The van der Waals surface area contributed by atoms with Crippen LogP contribution in [0.1, 0.15) is 24.5 Å². The quantitative estimate of drug-likeness (QED) is 0.919. The number of aromatic nitrogens is 2. The summed E-state index contributed by atoms with van der Waals surface area (Å²) in [5.41, 5.74) is 2.83. The van der Waals surface area contributed by atoms with Gasteiger partial charge in [0.1, 0.15) is 24.8 Å². The van der Waals surface area contributed by atoms with Crippen LogP contribution in [-0.2, 0) is 0 Å². The molecule has 2 aliphatic heterocycles. The molecule has 1 aromatic heterocycles. The van der Waals surface area contributed by atoms with Crippen LogP contribution in [0.2, 0.25) is 0 Å². The smallest absolute Gasteiger partial charge is 0.125 e. The summed E-state index contributed by atoms with van der Waals surface area (Å²) in [6, 6.07) is 6.00. The molecule has 4 rings (SSSR count). The molecule has 0 radical (unpaired) electrons. The molecule has 0 bridgehead atoms. The Labute approximate surface area is 129 Å². The molecular formula is C17H19N3O2. The lowest BCUT2D eigenvalue weighted by molar-refractivity contribution is 0.0140. The zero-order valence-corrected chi connectivity index (χ0v) is 12.4. The average Bonchev–Trinajstić information content (AvgIpc) is 3.10. The molecule has 0 spiro atoms. The van der Waals surface area contributed by atoms with Crippen molar-refractivity contribution >= 4 is 0 Å². The molecule has 1 saturated heterocycles. The number of hydrogen-bond donors (Lipinski definition) is 1. The topological polar surface area (TPSA) is 58.5 Å². The summed E-state index contributed by atoms with van der Waals surface area (Å²) in [5, 5.41) is 10.7. The number of fused-ring (bicyclic) bond motifs is 1. The highest BCUT2D eigenvalue weighted by atomic mass is 16.5. The summed E-state index contributed by atoms with van der Waals surface area (Å²) in [7, 11) is 0. The van der Waals surface area contributed by atoms with Gasteiger partial charge in [0.25, 0.3) is 0 Å². The summed E-state index contributed by atoms with van der Waals surface area (Å²) in [6.07, 6.45) is 7.01. The van der Waals surface area contributed by atoms with Gasteiger partial charge in [-0.1, -0.05) is 12.1 Å². The summed E-state index contributed by atoms with van der Waals surface area (Å²) in [4.78, 5) is 10.4. The van der Waals surface area contributed by atoms with E-state index in [9.17, 15) is 5.11 Å². The molecule has 5 heteroatoms. The van der Waals surface area contributed by atoms with E-state index in [0.29, 0.717) is 6.61 Å². The van der Waals surface area contributed by atoms with Gasteiger partial charge >= 0.3 is 0 Å². The molecule has 0 aliphatic carbocycles. The lowest BCUT2D eigenvalue weighted by Gasteiger charge is -2.36. The molecule has 22 heavy (non-hydrogen) atoms. The maximum atomic E-state index is 10.7. The van der Waals surface area contributed by atoms with E-state index in [4.69, 9.17) is 4.74 Å². The number of hydrogen-bond acceptors (Lipinski definition) is 5. The highest BCUT2D eigenvalue weighted by molar-refractivity contribution is 5.65. The van der Waals surface area contributed by atoms with Gasteiger partial charge in [-0.25, -0.2) is 9.97 Å². The van der Waals surface area contributed by atoms with Gasteiger partial charge in [-0.05, 0) is 37.6 Å². The second kappa shape index (κ2) is 5.66. The number of rotatable bonds is 2. The van der Waals surface area contributed by atoms with E-state index in [2.05, 4.69) is 14.9 Å². The van der Waals surface area contributed by atoms with Crippen LogP contribution < -0.4 is 4.74 Å². The van der Waals surface area contributed by atoms with Crippen molar-refractivity contribution in [1.29, 1.82) is 0 Å². The van der Waals surface area contributed by atoms with Crippen LogP contribution in [0, 0.1) is 0 Å².